The van der Waals surface area contributed by atoms with Gasteiger partial charge in [0.2, 0.25) is 0 Å². The van der Waals surface area contributed by atoms with Gasteiger partial charge in [-0.15, -0.1) is 0 Å². The molecule has 0 aromatic carbocycles. The molecule has 0 heterocycles. The minimum atomic E-state index is -1.75. The van der Waals surface area contributed by atoms with E-state index in [9.17, 15) is 5.11 Å². The molecular weight excluding hydrogens is 309 g/mol. The van der Waals surface area contributed by atoms with Gasteiger partial charge in [0.1, 0.15) is 0 Å². The summed E-state index contributed by atoms with van der Waals surface area (Å²) in [7, 11) is -0.887. The van der Waals surface area contributed by atoms with Crippen LogP contribution in [-0.4, -0.2) is 44.4 Å². The van der Waals surface area contributed by atoms with Crippen molar-refractivity contribution < 1.29 is 5.11 Å². The highest BCUT2D eigenvalue weighted by Gasteiger charge is 2.64. The summed E-state index contributed by atoms with van der Waals surface area (Å²) in [5, 5.41) is 11.7. The van der Waals surface area contributed by atoms with Crippen molar-refractivity contribution >= 4 is 34.5 Å². The van der Waals surface area contributed by atoms with Gasteiger partial charge in [-0.2, -0.15) is 0 Å². The molecule has 0 aliphatic heterocycles. The summed E-state index contributed by atoms with van der Waals surface area (Å²) < 4.78 is 0.115. The Balaban J connectivity index is 6.30. The average molecular weight is 346 g/mol. The molecule has 1 unspecified atom stereocenters. The standard InChI is InChI=1S/C15H37OSi4/c1-11-12-13-14(18(2,3)4,19(5,6)7)15(16,17)20(8,9)10/h16H,11-13H2,1-10H3. The number of hydrogen-bond donors (Lipinski definition) is 1. The first-order valence-corrected chi connectivity index (χ1v) is 19.0. The van der Waals surface area contributed by atoms with E-state index in [0.717, 1.165) is 0 Å². The Labute approximate surface area is 134 Å². The van der Waals surface area contributed by atoms with Gasteiger partial charge < -0.3 is 5.11 Å². The summed E-state index contributed by atoms with van der Waals surface area (Å²) in [5.74, 6) is 0. The molecule has 0 saturated carbocycles. The highest BCUT2D eigenvalue weighted by Crippen LogP contribution is 2.59. The Bertz CT molecular complexity index is 304. The predicted molar refractivity (Wildman–Crippen MR) is 103 cm³/mol. The zero-order valence-corrected chi connectivity index (χ0v) is 19.6. The van der Waals surface area contributed by atoms with Crippen LogP contribution in [0, 0.1) is 0 Å². The molecule has 20 heavy (non-hydrogen) atoms. The van der Waals surface area contributed by atoms with Crippen molar-refractivity contribution in [2.45, 2.75) is 94.6 Å². The molecule has 5 heteroatoms. The van der Waals surface area contributed by atoms with Gasteiger partial charge in [-0.3, -0.25) is 0 Å². The lowest BCUT2D eigenvalue weighted by molar-refractivity contribution is 0.161. The van der Waals surface area contributed by atoms with E-state index in [-0.39, 0.29) is 4.66 Å². The van der Waals surface area contributed by atoms with E-state index in [1.807, 2.05) is 0 Å². The van der Waals surface area contributed by atoms with Crippen LogP contribution >= 0.6 is 0 Å². The Morgan fingerprint density at radius 1 is 0.800 bits per heavy atom. The van der Waals surface area contributed by atoms with E-state index >= 15 is 0 Å². The van der Waals surface area contributed by atoms with Gasteiger partial charge >= 0.3 is 0 Å². The fraction of sp³-hybridized carbons (Fsp3) is 1.00. The molecule has 1 N–H and O–H groups in total. The van der Waals surface area contributed by atoms with Gasteiger partial charge in [0.15, 0.2) is 0 Å². The lowest BCUT2D eigenvalue weighted by Gasteiger charge is -2.63. The van der Waals surface area contributed by atoms with Crippen molar-refractivity contribution in [1.82, 2.24) is 0 Å². The molecule has 0 aliphatic rings. The first-order chi connectivity index (χ1) is 8.56. The molecule has 0 aliphatic carbocycles. The topological polar surface area (TPSA) is 20.2 Å². The minimum absolute atomic E-state index is 0.115. The second-order valence-corrected chi connectivity index (χ2v) is 27.1. The third-order valence-corrected chi connectivity index (χ3v) is 22.3. The third-order valence-electron chi connectivity index (χ3n) is 5.17. The van der Waals surface area contributed by atoms with Crippen molar-refractivity contribution in [3.05, 3.63) is 0 Å². The summed E-state index contributed by atoms with van der Waals surface area (Å²) >= 11 is 0. The van der Waals surface area contributed by atoms with Gasteiger partial charge in [-0.05, 0) is 4.66 Å². The Kier molecular flexibility index (Phi) is 6.40. The molecule has 0 saturated heterocycles. The quantitative estimate of drug-likeness (QED) is 0.653. The normalized spacial score (nSPS) is 18.0. The monoisotopic (exact) mass is 345 g/mol. The highest BCUT2D eigenvalue weighted by molar-refractivity contribution is 7.03. The molecule has 0 amide bonds. The Morgan fingerprint density at radius 3 is 1.35 bits per heavy atom. The fourth-order valence-electron chi connectivity index (χ4n) is 4.22. The summed E-state index contributed by atoms with van der Waals surface area (Å²) in [6.07, 6.45) is 3.62. The van der Waals surface area contributed by atoms with Crippen LogP contribution in [0.25, 0.3) is 0 Å². The van der Waals surface area contributed by atoms with Crippen molar-refractivity contribution in [3.8, 4) is 0 Å². The maximum Gasteiger partial charge on any atom is 0.0768 e. The molecule has 1 nitrogen and oxygen atoms in total. The molecule has 0 aromatic rings. The molecule has 0 fully saturated rings. The van der Waals surface area contributed by atoms with Crippen molar-refractivity contribution in [1.29, 1.82) is 0 Å². The number of aliphatic hydroxyl groups is 1. The van der Waals surface area contributed by atoms with Crippen LogP contribution in [0.15, 0.2) is 0 Å². The van der Waals surface area contributed by atoms with E-state index in [0.29, 0.717) is 0 Å². The zero-order valence-electron chi connectivity index (χ0n) is 15.6. The largest absolute Gasteiger partial charge is 0.398 e. The summed E-state index contributed by atoms with van der Waals surface area (Å²) in [6, 6.07) is 0. The maximum atomic E-state index is 11.7. The first-order valence-electron chi connectivity index (χ1n) is 8.03. The van der Waals surface area contributed by atoms with E-state index in [2.05, 4.69) is 76.1 Å². The lowest BCUT2D eigenvalue weighted by Crippen LogP contribution is -2.73. The molecular formula is C15H37OSi4. The van der Waals surface area contributed by atoms with Crippen molar-refractivity contribution in [3.63, 3.8) is 0 Å². The Morgan fingerprint density at radius 2 is 1.15 bits per heavy atom. The van der Waals surface area contributed by atoms with Gasteiger partial charge in [0.25, 0.3) is 0 Å². The minimum Gasteiger partial charge on any atom is -0.398 e. The Hall–Kier alpha value is 0.828. The SMILES string of the molecule is CCCCC(C(O)([Si])[Si](C)(C)C)([Si](C)(C)C)[Si](C)(C)C. The summed E-state index contributed by atoms with van der Waals surface area (Å²) in [5.41, 5.74) is 0. The van der Waals surface area contributed by atoms with Crippen LogP contribution in [0.3, 0.4) is 0 Å². The lowest BCUT2D eigenvalue weighted by atomic mass is 10.2. The third kappa shape index (κ3) is 3.42. The maximum absolute atomic E-state index is 11.7. The molecule has 0 aromatic heterocycles. The van der Waals surface area contributed by atoms with Crippen LogP contribution < -0.4 is 0 Å². The van der Waals surface area contributed by atoms with Crippen molar-refractivity contribution in [2.75, 3.05) is 0 Å². The smallest absolute Gasteiger partial charge is 0.0768 e. The number of rotatable bonds is 7. The van der Waals surface area contributed by atoms with Crippen LogP contribution in [0.1, 0.15) is 26.2 Å². The second-order valence-electron chi connectivity index (χ2n) is 9.47. The highest BCUT2D eigenvalue weighted by atomic mass is 28.4. The molecule has 1 atom stereocenters. The zero-order chi connectivity index (χ0) is 16.6. The van der Waals surface area contributed by atoms with Crippen LogP contribution in [-0.2, 0) is 0 Å². The first kappa shape index (κ1) is 20.8. The van der Waals surface area contributed by atoms with E-state index in [1.54, 1.807) is 0 Å². The predicted octanol–water partition coefficient (Wildman–Crippen LogP) is 4.87. The fourth-order valence-corrected chi connectivity index (χ4v) is 25.5. The van der Waals surface area contributed by atoms with Crippen LogP contribution in [0.2, 0.25) is 63.6 Å². The van der Waals surface area contributed by atoms with Gasteiger partial charge in [0, 0.05) is 4.85 Å². The van der Waals surface area contributed by atoms with E-state index < -0.39 is 29.1 Å². The summed E-state index contributed by atoms with van der Waals surface area (Å²) in [6.45, 7) is 24.0. The van der Waals surface area contributed by atoms with Crippen molar-refractivity contribution in [2.24, 2.45) is 0 Å². The van der Waals surface area contributed by atoms with Gasteiger partial charge in [-0.25, -0.2) is 0 Å². The molecule has 3 radical (unpaired) electrons. The molecule has 0 bridgehead atoms. The molecule has 0 spiro atoms. The summed E-state index contributed by atoms with van der Waals surface area (Å²) in [4.78, 5) is -0.663. The van der Waals surface area contributed by atoms with Gasteiger partial charge in [-0.1, -0.05) is 85.1 Å². The van der Waals surface area contributed by atoms with Gasteiger partial charge in [0.05, 0.1) is 34.5 Å². The van der Waals surface area contributed by atoms with Crippen LogP contribution in [0.5, 0.6) is 0 Å². The number of hydrogen-bond acceptors (Lipinski definition) is 1. The average Bonchev–Trinajstić information content (AvgIpc) is 2.11. The molecule has 119 valence electrons. The van der Waals surface area contributed by atoms with Crippen LogP contribution in [0.4, 0.5) is 0 Å². The van der Waals surface area contributed by atoms with E-state index in [1.165, 1.54) is 19.3 Å². The second kappa shape index (κ2) is 6.14. The number of unbranched alkanes of at least 4 members (excludes halogenated alkanes) is 1. The molecule has 0 rings (SSSR count). The van der Waals surface area contributed by atoms with E-state index in [4.69, 9.17) is 0 Å².